The Kier molecular flexibility index (Phi) is 2.46. The molecule has 2 rings (SSSR count). The maximum atomic E-state index is 11.8. The van der Waals surface area contributed by atoms with E-state index in [1.165, 1.54) is 14.0 Å². The van der Waals surface area contributed by atoms with Crippen LogP contribution in [0.3, 0.4) is 0 Å². The number of amides is 3. The third-order valence-electron chi connectivity index (χ3n) is 2.63. The third kappa shape index (κ3) is 1.48. The zero-order valence-electron chi connectivity index (χ0n) is 9.64. The van der Waals surface area contributed by atoms with Gasteiger partial charge in [0.1, 0.15) is 5.69 Å². The lowest BCUT2D eigenvalue weighted by molar-refractivity contribution is -0.114. The molecule has 0 fully saturated rings. The first-order chi connectivity index (χ1) is 8.34. The molecule has 7 heteroatoms. The van der Waals surface area contributed by atoms with Gasteiger partial charge in [-0.2, -0.15) is 0 Å². The fourth-order valence-corrected chi connectivity index (χ4v) is 1.79. The van der Waals surface area contributed by atoms with Gasteiger partial charge in [-0.15, -0.1) is 0 Å². The van der Waals surface area contributed by atoms with Gasteiger partial charge in [0.2, 0.25) is 5.91 Å². The van der Waals surface area contributed by atoms with E-state index in [9.17, 15) is 24.6 Å². The Balaban J connectivity index is 2.75. The van der Waals surface area contributed by atoms with Crippen LogP contribution in [0.25, 0.3) is 0 Å². The standard InChI is InChI=1S/C11H10N2O5/c1-4(14)12-8-7-5(3-6(15)9(8)16)10(17)13(2)11(7)18/h3,15-16H,1-2H3,(H,12,14). The number of imide groups is 1. The number of rotatable bonds is 1. The monoisotopic (exact) mass is 250 g/mol. The minimum atomic E-state index is -0.644. The van der Waals surface area contributed by atoms with E-state index in [-0.39, 0.29) is 16.8 Å². The number of nitrogens with one attached hydrogen (secondary N) is 1. The molecular formula is C11H10N2O5. The maximum Gasteiger partial charge on any atom is 0.263 e. The van der Waals surface area contributed by atoms with Gasteiger partial charge in [-0.25, -0.2) is 0 Å². The van der Waals surface area contributed by atoms with Gasteiger partial charge in [-0.05, 0) is 6.07 Å². The van der Waals surface area contributed by atoms with Crippen LogP contribution in [0.4, 0.5) is 5.69 Å². The highest BCUT2D eigenvalue weighted by atomic mass is 16.3. The summed E-state index contributed by atoms with van der Waals surface area (Å²) < 4.78 is 0. The normalized spacial score (nSPS) is 13.8. The molecule has 0 saturated carbocycles. The van der Waals surface area contributed by atoms with Crippen molar-refractivity contribution in [2.24, 2.45) is 0 Å². The fourth-order valence-electron chi connectivity index (χ4n) is 1.79. The molecule has 7 nitrogen and oxygen atoms in total. The molecule has 3 N–H and O–H groups in total. The second kappa shape index (κ2) is 3.73. The number of benzene rings is 1. The zero-order valence-corrected chi connectivity index (χ0v) is 9.64. The van der Waals surface area contributed by atoms with Crippen LogP contribution in [0.15, 0.2) is 6.07 Å². The lowest BCUT2D eigenvalue weighted by Gasteiger charge is -2.10. The number of hydrogen-bond donors (Lipinski definition) is 3. The molecule has 1 aliphatic rings. The molecule has 1 aromatic carbocycles. The van der Waals surface area contributed by atoms with Crippen molar-refractivity contribution in [2.75, 3.05) is 12.4 Å². The molecule has 0 unspecified atom stereocenters. The van der Waals surface area contributed by atoms with Gasteiger partial charge in [0, 0.05) is 14.0 Å². The summed E-state index contributed by atoms with van der Waals surface area (Å²) in [5.74, 6) is -2.99. The molecule has 1 aliphatic heterocycles. The minimum absolute atomic E-state index is 0.0541. The average Bonchev–Trinajstić information content (AvgIpc) is 2.50. The van der Waals surface area contributed by atoms with Gasteiger partial charge in [-0.1, -0.05) is 0 Å². The van der Waals surface area contributed by atoms with Crippen LogP contribution >= 0.6 is 0 Å². The van der Waals surface area contributed by atoms with Gasteiger partial charge in [0.15, 0.2) is 11.5 Å². The van der Waals surface area contributed by atoms with Crippen molar-refractivity contribution >= 4 is 23.4 Å². The number of carbonyl (C=O) groups is 3. The quantitative estimate of drug-likeness (QED) is 0.490. The van der Waals surface area contributed by atoms with Crippen LogP contribution < -0.4 is 5.32 Å². The highest BCUT2D eigenvalue weighted by Gasteiger charge is 2.37. The number of fused-ring (bicyclic) bond motifs is 1. The van der Waals surface area contributed by atoms with Gasteiger partial charge in [-0.3, -0.25) is 19.3 Å². The summed E-state index contributed by atoms with van der Waals surface area (Å²) in [5.41, 5.74) is -0.422. The zero-order chi connectivity index (χ0) is 13.6. The van der Waals surface area contributed by atoms with Crippen LogP contribution in [0, 0.1) is 0 Å². The van der Waals surface area contributed by atoms with E-state index in [1.807, 2.05) is 0 Å². The lowest BCUT2D eigenvalue weighted by atomic mass is 10.1. The second-order valence-electron chi connectivity index (χ2n) is 3.89. The molecule has 0 bridgehead atoms. The van der Waals surface area contributed by atoms with E-state index in [0.717, 1.165) is 11.0 Å². The van der Waals surface area contributed by atoms with Crippen molar-refractivity contribution < 1.29 is 24.6 Å². The summed E-state index contributed by atoms with van der Waals surface area (Å²) in [7, 11) is 1.27. The van der Waals surface area contributed by atoms with Gasteiger partial charge < -0.3 is 15.5 Å². The van der Waals surface area contributed by atoms with Gasteiger partial charge >= 0.3 is 0 Å². The van der Waals surface area contributed by atoms with Crippen molar-refractivity contribution in [3.05, 3.63) is 17.2 Å². The Morgan fingerprint density at radius 1 is 1.28 bits per heavy atom. The van der Waals surface area contributed by atoms with Gasteiger partial charge in [0.05, 0.1) is 11.1 Å². The first-order valence-corrected chi connectivity index (χ1v) is 5.03. The largest absolute Gasteiger partial charge is 0.504 e. The van der Waals surface area contributed by atoms with Crippen molar-refractivity contribution in [3.63, 3.8) is 0 Å². The molecule has 1 heterocycles. The van der Waals surface area contributed by atoms with E-state index in [4.69, 9.17) is 0 Å². The lowest BCUT2D eigenvalue weighted by Crippen LogP contribution is -2.24. The van der Waals surface area contributed by atoms with E-state index >= 15 is 0 Å². The summed E-state index contributed by atoms with van der Waals surface area (Å²) in [6.07, 6.45) is 0. The number of nitrogens with zero attached hydrogens (tertiary/aromatic N) is 1. The molecular weight excluding hydrogens is 240 g/mol. The Bertz CT molecular complexity index is 594. The Hall–Kier alpha value is -2.57. The maximum absolute atomic E-state index is 11.8. The molecule has 18 heavy (non-hydrogen) atoms. The highest BCUT2D eigenvalue weighted by Crippen LogP contribution is 2.41. The van der Waals surface area contributed by atoms with Crippen molar-refractivity contribution in [3.8, 4) is 11.5 Å². The van der Waals surface area contributed by atoms with E-state index in [0.29, 0.717) is 0 Å². The predicted octanol–water partition coefficient (Wildman–Crippen LogP) is 0.282. The molecule has 0 saturated heterocycles. The SMILES string of the molecule is CC(=O)Nc1c(O)c(O)cc2c1C(=O)N(C)C2=O. The van der Waals surface area contributed by atoms with Crippen molar-refractivity contribution in [2.45, 2.75) is 6.92 Å². The van der Waals surface area contributed by atoms with E-state index < -0.39 is 29.2 Å². The number of carbonyl (C=O) groups excluding carboxylic acids is 3. The first-order valence-electron chi connectivity index (χ1n) is 5.03. The molecule has 94 valence electrons. The molecule has 3 amide bonds. The Labute approximate surface area is 102 Å². The summed E-state index contributed by atoms with van der Waals surface area (Å²) in [4.78, 5) is 35.4. The second-order valence-corrected chi connectivity index (χ2v) is 3.89. The summed E-state index contributed by atoms with van der Waals surface area (Å²) >= 11 is 0. The van der Waals surface area contributed by atoms with E-state index in [2.05, 4.69) is 5.32 Å². The fraction of sp³-hybridized carbons (Fsp3) is 0.182. The summed E-state index contributed by atoms with van der Waals surface area (Å²) in [6, 6.07) is 1.000. The predicted molar refractivity (Wildman–Crippen MR) is 60.5 cm³/mol. The Morgan fingerprint density at radius 3 is 2.44 bits per heavy atom. The summed E-state index contributed by atoms with van der Waals surface area (Å²) in [6.45, 7) is 1.18. The van der Waals surface area contributed by atoms with Crippen LogP contribution in [0.2, 0.25) is 0 Å². The van der Waals surface area contributed by atoms with Crippen LogP contribution in [-0.4, -0.2) is 39.9 Å². The highest BCUT2D eigenvalue weighted by molar-refractivity contribution is 6.25. The van der Waals surface area contributed by atoms with Crippen LogP contribution in [0.1, 0.15) is 27.6 Å². The smallest absolute Gasteiger partial charge is 0.263 e. The Morgan fingerprint density at radius 2 is 1.89 bits per heavy atom. The summed E-state index contributed by atoms with van der Waals surface area (Å²) in [5, 5.41) is 21.4. The average molecular weight is 250 g/mol. The molecule has 0 spiro atoms. The number of phenolic OH excluding ortho intramolecular Hbond substituents is 2. The molecule has 0 atom stereocenters. The van der Waals surface area contributed by atoms with Crippen molar-refractivity contribution in [1.29, 1.82) is 0 Å². The molecule has 1 aromatic rings. The van der Waals surface area contributed by atoms with Crippen LogP contribution in [0.5, 0.6) is 11.5 Å². The molecule has 0 aromatic heterocycles. The van der Waals surface area contributed by atoms with Crippen LogP contribution in [-0.2, 0) is 4.79 Å². The minimum Gasteiger partial charge on any atom is -0.504 e. The number of phenols is 2. The number of hydrogen-bond acceptors (Lipinski definition) is 5. The number of aromatic hydroxyl groups is 2. The van der Waals surface area contributed by atoms with Gasteiger partial charge in [0.25, 0.3) is 11.8 Å². The third-order valence-corrected chi connectivity index (χ3v) is 2.63. The topological polar surface area (TPSA) is 107 Å². The van der Waals surface area contributed by atoms with Crippen molar-refractivity contribution in [1.82, 2.24) is 4.90 Å². The number of anilines is 1. The first kappa shape index (κ1) is 11.9. The molecule has 0 radical (unpaired) electrons. The van der Waals surface area contributed by atoms with E-state index in [1.54, 1.807) is 0 Å². The molecule has 0 aliphatic carbocycles.